The van der Waals surface area contributed by atoms with Crippen LogP contribution in [-0.4, -0.2) is 17.9 Å². The highest BCUT2D eigenvalue weighted by atomic mass is 19.4. The molecule has 0 fully saturated rings. The van der Waals surface area contributed by atoms with Crippen molar-refractivity contribution < 1.29 is 18.0 Å². The van der Waals surface area contributed by atoms with Gasteiger partial charge in [0.2, 0.25) is 5.91 Å². The molecule has 2 heterocycles. The number of anilines is 5. The molecule has 8 heteroatoms. The first-order valence-corrected chi connectivity index (χ1v) is 8.87. The summed E-state index contributed by atoms with van der Waals surface area (Å²) in [4.78, 5) is 16.9. The van der Waals surface area contributed by atoms with Crippen molar-refractivity contribution in [3.63, 3.8) is 0 Å². The first kappa shape index (κ1) is 18.8. The van der Waals surface area contributed by atoms with Gasteiger partial charge in [-0.05, 0) is 35.9 Å². The number of nitrogens with zero attached hydrogens (tertiary/aromatic N) is 2. The van der Waals surface area contributed by atoms with Crippen molar-refractivity contribution in [1.29, 1.82) is 0 Å². The van der Waals surface area contributed by atoms with Gasteiger partial charge in [-0.1, -0.05) is 18.2 Å². The van der Waals surface area contributed by atoms with Crippen LogP contribution in [0.5, 0.6) is 0 Å². The van der Waals surface area contributed by atoms with E-state index in [0.29, 0.717) is 11.4 Å². The number of aromatic nitrogens is 1. The zero-order valence-corrected chi connectivity index (χ0v) is 15.4. The van der Waals surface area contributed by atoms with E-state index >= 15 is 0 Å². The maximum Gasteiger partial charge on any atom is 0.419 e. The van der Waals surface area contributed by atoms with Gasteiger partial charge in [0.05, 0.1) is 17.7 Å². The SMILES string of the molecule is CN(c1ccccc1)c1cc(Nc2ccc3c(c2)CC(=O)N3)ncc1C(F)(F)F. The maximum atomic E-state index is 13.5. The van der Waals surface area contributed by atoms with Crippen LogP contribution in [0.4, 0.5) is 41.7 Å². The molecule has 0 unspecified atom stereocenters. The van der Waals surface area contributed by atoms with Gasteiger partial charge in [-0.2, -0.15) is 13.2 Å². The summed E-state index contributed by atoms with van der Waals surface area (Å²) in [5.41, 5.74) is 1.99. The van der Waals surface area contributed by atoms with Gasteiger partial charge in [0, 0.05) is 36.4 Å². The summed E-state index contributed by atoms with van der Waals surface area (Å²) in [6, 6.07) is 15.4. The summed E-state index contributed by atoms with van der Waals surface area (Å²) >= 11 is 0. The van der Waals surface area contributed by atoms with Crippen molar-refractivity contribution in [1.82, 2.24) is 4.98 Å². The highest BCUT2D eigenvalue weighted by Crippen LogP contribution is 2.39. The molecule has 148 valence electrons. The normalized spacial score (nSPS) is 13.0. The number of hydrogen-bond acceptors (Lipinski definition) is 4. The number of amides is 1. The zero-order chi connectivity index (χ0) is 20.6. The topological polar surface area (TPSA) is 57.3 Å². The molecule has 1 amide bonds. The average molecular weight is 398 g/mol. The van der Waals surface area contributed by atoms with E-state index in [0.717, 1.165) is 17.4 Å². The van der Waals surface area contributed by atoms with Crippen LogP contribution in [0.25, 0.3) is 0 Å². The summed E-state index contributed by atoms with van der Waals surface area (Å²) in [6.07, 6.45) is -3.44. The lowest BCUT2D eigenvalue weighted by atomic mass is 10.1. The number of benzene rings is 2. The van der Waals surface area contributed by atoms with Gasteiger partial charge in [-0.25, -0.2) is 4.98 Å². The molecule has 1 aliphatic heterocycles. The van der Waals surface area contributed by atoms with Crippen molar-refractivity contribution in [3.8, 4) is 0 Å². The Morgan fingerprint density at radius 3 is 2.59 bits per heavy atom. The number of nitrogens with one attached hydrogen (secondary N) is 2. The van der Waals surface area contributed by atoms with E-state index in [9.17, 15) is 18.0 Å². The molecule has 4 rings (SSSR count). The Morgan fingerprint density at radius 1 is 1.10 bits per heavy atom. The Hall–Kier alpha value is -3.55. The minimum atomic E-state index is -4.54. The number of hydrogen-bond donors (Lipinski definition) is 2. The van der Waals surface area contributed by atoms with Crippen LogP contribution in [0.3, 0.4) is 0 Å². The average Bonchev–Trinajstić information content (AvgIpc) is 3.06. The van der Waals surface area contributed by atoms with Gasteiger partial charge < -0.3 is 15.5 Å². The smallest absolute Gasteiger partial charge is 0.344 e. The lowest BCUT2D eigenvalue weighted by molar-refractivity contribution is -0.137. The molecule has 0 atom stereocenters. The number of carbonyl (C=O) groups is 1. The number of para-hydroxylation sites is 1. The Labute approximate surface area is 165 Å². The van der Waals surface area contributed by atoms with Crippen LogP contribution in [0, 0.1) is 0 Å². The third-order valence-corrected chi connectivity index (χ3v) is 4.70. The van der Waals surface area contributed by atoms with E-state index in [4.69, 9.17) is 0 Å². The Bertz CT molecular complexity index is 1070. The molecule has 0 radical (unpaired) electrons. The quantitative estimate of drug-likeness (QED) is 0.642. The Balaban J connectivity index is 1.69. The number of alkyl halides is 3. The molecule has 1 aromatic heterocycles. The van der Waals surface area contributed by atoms with E-state index in [2.05, 4.69) is 15.6 Å². The van der Waals surface area contributed by atoms with Gasteiger partial charge in [0.1, 0.15) is 5.82 Å². The molecular formula is C21H17F3N4O. The summed E-state index contributed by atoms with van der Waals surface area (Å²) in [5, 5.41) is 5.77. The lowest BCUT2D eigenvalue weighted by Crippen LogP contribution is -2.17. The van der Waals surface area contributed by atoms with Crippen LogP contribution in [0.2, 0.25) is 0 Å². The highest BCUT2D eigenvalue weighted by Gasteiger charge is 2.35. The Kier molecular flexibility index (Phi) is 4.62. The molecule has 1 aliphatic rings. The van der Waals surface area contributed by atoms with E-state index < -0.39 is 11.7 Å². The van der Waals surface area contributed by atoms with Crippen LogP contribution in [0.1, 0.15) is 11.1 Å². The van der Waals surface area contributed by atoms with Gasteiger partial charge in [0.15, 0.2) is 0 Å². The molecule has 0 spiro atoms. The molecule has 29 heavy (non-hydrogen) atoms. The monoisotopic (exact) mass is 398 g/mol. The fourth-order valence-corrected chi connectivity index (χ4v) is 3.25. The van der Waals surface area contributed by atoms with Gasteiger partial charge >= 0.3 is 6.18 Å². The second-order valence-corrected chi connectivity index (χ2v) is 6.70. The molecule has 0 saturated carbocycles. The summed E-state index contributed by atoms with van der Waals surface area (Å²) in [6.45, 7) is 0. The number of pyridine rings is 1. The van der Waals surface area contributed by atoms with E-state index in [1.807, 2.05) is 0 Å². The van der Waals surface area contributed by atoms with Crippen molar-refractivity contribution in [2.45, 2.75) is 12.6 Å². The van der Waals surface area contributed by atoms with Crippen molar-refractivity contribution >= 4 is 34.5 Å². The minimum Gasteiger partial charge on any atom is -0.344 e. The molecule has 0 saturated heterocycles. The van der Waals surface area contributed by atoms with Crippen molar-refractivity contribution in [2.24, 2.45) is 0 Å². The summed E-state index contributed by atoms with van der Waals surface area (Å²) in [5.74, 6) is 0.185. The largest absolute Gasteiger partial charge is 0.419 e. The van der Waals surface area contributed by atoms with Crippen LogP contribution in [-0.2, 0) is 17.4 Å². The van der Waals surface area contributed by atoms with Crippen molar-refractivity contribution in [3.05, 3.63) is 71.9 Å². The number of carbonyl (C=O) groups excluding carboxylic acids is 1. The minimum absolute atomic E-state index is 0.0146. The number of rotatable bonds is 4. The molecule has 0 aliphatic carbocycles. The van der Waals surface area contributed by atoms with E-state index in [1.165, 1.54) is 11.0 Å². The fraction of sp³-hybridized carbons (Fsp3) is 0.143. The number of fused-ring (bicyclic) bond motifs is 1. The molecule has 3 aromatic rings. The van der Waals surface area contributed by atoms with Crippen LogP contribution in [0.15, 0.2) is 60.8 Å². The number of halogens is 3. The third kappa shape index (κ3) is 3.87. The Morgan fingerprint density at radius 2 is 1.86 bits per heavy atom. The van der Waals surface area contributed by atoms with Crippen LogP contribution >= 0.6 is 0 Å². The first-order chi connectivity index (χ1) is 13.8. The molecular weight excluding hydrogens is 381 g/mol. The molecule has 2 N–H and O–H groups in total. The van der Waals surface area contributed by atoms with Gasteiger partial charge in [0.25, 0.3) is 0 Å². The molecule has 5 nitrogen and oxygen atoms in total. The zero-order valence-electron chi connectivity index (χ0n) is 15.4. The summed E-state index contributed by atoms with van der Waals surface area (Å²) in [7, 11) is 1.58. The molecule has 2 aromatic carbocycles. The van der Waals surface area contributed by atoms with E-state index in [1.54, 1.807) is 55.6 Å². The lowest BCUT2D eigenvalue weighted by Gasteiger charge is -2.24. The summed E-state index contributed by atoms with van der Waals surface area (Å²) < 4.78 is 40.6. The second-order valence-electron chi connectivity index (χ2n) is 6.70. The fourth-order valence-electron chi connectivity index (χ4n) is 3.25. The highest BCUT2D eigenvalue weighted by molar-refractivity contribution is 5.99. The third-order valence-electron chi connectivity index (χ3n) is 4.70. The van der Waals surface area contributed by atoms with Crippen LogP contribution < -0.4 is 15.5 Å². The van der Waals surface area contributed by atoms with Gasteiger partial charge in [-0.3, -0.25) is 4.79 Å². The molecule has 0 bridgehead atoms. The first-order valence-electron chi connectivity index (χ1n) is 8.87. The standard InChI is InChI=1S/C21H17F3N4O/c1-28(15-5-3-2-4-6-15)18-11-19(25-12-16(18)21(22,23)24)26-14-7-8-17-13(9-14)10-20(29)27-17/h2-9,11-12H,10H2,1H3,(H,25,26)(H,27,29). The van der Waals surface area contributed by atoms with Crippen molar-refractivity contribution in [2.75, 3.05) is 22.6 Å². The predicted octanol–water partition coefficient (Wildman–Crippen LogP) is 5.11. The predicted molar refractivity (Wildman–Crippen MR) is 106 cm³/mol. The maximum absolute atomic E-state index is 13.5. The van der Waals surface area contributed by atoms with E-state index in [-0.39, 0.29) is 23.8 Å². The second kappa shape index (κ2) is 7.12. The van der Waals surface area contributed by atoms with Gasteiger partial charge in [-0.15, -0.1) is 0 Å².